The zero-order chi connectivity index (χ0) is 12.3. The van der Waals surface area contributed by atoms with Crippen molar-refractivity contribution in [1.29, 1.82) is 5.26 Å². The fourth-order valence-electron chi connectivity index (χ4n) is 1.03. The molecule has 16 heavy (non-hydrogen) atoms. The molecule has 0 radical (unpaired) electrons. The van der Waals surface area contributed by atoms with E-state index in [0.29, 0.717) is 12.1 Å². The van der Waals surface area contributed by atoms with E-state index < -0.39 is 34.6 Å². The van der Waals surface area contributed by atoms with Crippen LogP contribution in [0.3, 0.4) is 0 Å². The van der Waals surface area contributed by atoms with E-state index in [4.69, 9.17) is 10.4 Å². The Kier molecular flexibility index (Phi) is 3.30. The number of carboxylic acid groups (broad SMARTS) is 1. The second kappa shape index (κ2) is 4.49. The lowest BCUT2D eigenvalue weighted by Crippen LogP contribution is -1.98. The van der Waals surface area contributed by atoms with Crippen molar-refractivity contribution in [3.05, 3.63) is 41.2 Å². The second-order valence-corrected chi connectivity index (χ2v) is 2.73. The molecule has 0 heterocycles. The molecule has 0 unspecified atom stereocenters. The Morgan fingerprint density at radius 3 is 2.44 bits per heavy atom. The summed E-state index contributed by atoms with van der Waals surface area (Å²) in [6.07, 6.45) is 0.412. The molecule has 0 aliphatic heterocycles. The largest absolute Gasteiger partial charge is 0.478 e. The molecule has 6 heteroatoms. The van der Waals surface area contributed by atoms with E-state index in [-0.39, 0.29) is 0 Å². The number of rotatable bonds is 2. The predicted octanol–water partition coefficient (Wildman–Crippen LogP) is 2.10. The molecule has 0 saturated carbocycles. The van der Waals surface area contributed by atoms with Crippen molar-refractivity contribution in [2.24, 2.45) is 0 Å². The Labute approximate surface area is 88.0 Å². The molecular formula is C10H4F3NO2. The predicted molar refractivity (Wildman–Crippen MR) is 47.5 cm³/mol. The van der Waals surface area contributed by atoms with Crippen molar-refractivity contribution in [2.45, 2.75) is 0 Å². The normalized spacial score (nSPS) is 11.0. The van der Waals surface area contributed by atoms with Crippen molar-refractivity contribution < 1.29 is 23.1 Å². The van der Waals surface area contributed by atoms with Crippen LogP contribution in [-0.2, 0) is 4.79 Å². The molecule has 1 aromatic carbocycles. The third-order valence-electron chi connectivity index (χ3n) is 1.71. The van der Waals surface area contributed by atoms with Crippen LogP contribution in [0.15, 0.2) is 18.2 Å². The van der Waals surface area contributed by atoms with Gasteiger partial charge in [-0.1, -0.05) is 0 Å². The lowest BCUT2D eigenvalue weighted by molar-refractivity contribution is -0.131. The van der Waals surface area contributed by atoms with Crippen LogP contribution in [0.5, 0.6) is 0 Å². The molecular weight excluding hydrogens is 223 g/mol. The summed E-state index contributed by atoms with van der Waals surface area (Å²) in [5, 5.41) is 16.9. The molecule has 0 aromatic heterocycles. The van der Waals surface area contributed by atoms with Gasteiger partial charge >= 0.3 is 5.97 Å². The number of nitrogens with zero attached hydrogens (tertiary/aromatic N) is 1. The first-order valence-electron chi connectivity index (χ1n) is 3.96. The maximum absolute atomic E-state index is 13.2. The first-order valence-corrected chi connectivity index (χ1v) is 3.96. The smallest absolute Gasteiger partial charge is 0.329 e. The number of allylic oxidation sites excluding steroid dienone is 1. The molecule has 1 N–H and O–H groups in total. The molecule has 0 spiro atoms. The van der Waals surface area contributed by atoms with Crippen LogP contribution in [0.4, 0.5) is 13.2 Å². The maximum atomic E-state index is 13.2. The Hall–Kier alpha value is -2.29. The van der Waals surface area contributed by atoms with Gasteiger partial charge in [-0.05, 0) is 12.1 Å². The third-order valence-corrected chi connectivity index (χ3v) is 1.71. The highest BCUT2D eigenvalue weighted by atomic mass is 19.2. The lowest BCUT2D eigenvalue weighted by Gasteiger charge is -2.02. The van der Waals surface area contributed by atoms with Gasteiger partial charge in [0.1, 0.15) is 6.07 Å². The van der Waals surface area contributed by atoms with Crippen LogP contribution in [-0.4, -0.2) is 11.1 Å². The average Bonchev–Trinajstić information content (AvgIpc) is 2.23. The summed E-state index contributed by atoms with van der Waals surface area (Å²) in [5.41, 5.74) is -1.19. The summed E-state index contributed by atoms with van der Waals surface area (Å²) in [5.74, 6) is -6.23. The van der Waals surface area contributed by atoms with E-state index in [1.165, 1.54) is 6.07 Å². The van der Waals surface area contributed by atoms with Crippen LogP contribution in [0.2, 0.25) is 0 Å². The number of hydrogen-bond donors (Lipinski definition) is 1. The Balaban J connectivity index is 3.40. The highest BCUT2D eigenvalue weighted by Crippen LogP contribution is 2.21. The second-order valence-electron chi connectivity index (χ2n) is 2.73. The number of carboxylic acids is 1. The number of halogens is 3. The highest BCUT2D eigenvalue weighted by molar-refractivity contribution is 5.94. The monoisotopic (exact) mass is 227 g/mol. The van der Waals surface area contributed by atoms with Crippen molar-refractivity contribution in [1.82, 2.24) is 0 Å². The summed E-state index contributed by atoms with van der Waals surface area (Å²) in [6.45, 7) is 0. The van der Waals surface area contributed by atoms with E-state index in [2.05, 4.69) is 0 Å². The summed E-state index contributed by atoms with van der Waals surface area (Å²) >= 11 is 0. The van der Waals surface area contributed by atoms with Crippen molar-refractivity contribution in [2.75, 3.05) is 0 Å². The van der Waals surface area contributed by atoms with Crippen molar-refractivity contribution in [3.8, 4) is 6.07 Å². The zero-order valence-corrected chi connectivity index (χ0v) is 7.67. The molecule has 0 saturated heterocycles. The maximum Gasteiger partial charge on any atom is 0.329 e. The van der Waals surface area contributed by atoms with Gasteiger partial charge in [0.15, 0.2) is 17.5 Å². The molecule has 1 aromatic rings. The van der Waals surface area contributed by atoms with E-state index in [9.17, 15) is 18.0 Å². The van der Waals surface area contributed by atoms with Crippen LogP contribution in [0, 0.1) is 28.8 Å². The Bertz CT molecular complexity index is 518. The SMILES string of the molecule is N#CC(=CC(=O)O)c1ccc(F)c(F)c1F. The molecule has 0 aliphatic carbocycles. The van der Waals surface area contributed by atoms with E-state index in [1.54, 1.807) is 0 Å². The summed E-state index contributed by atoms with van der Waals surface area (Å²) in [6, 6.07) is 2.80. The Morgan fingerprint density at radius 1 is 1.31 bits per heavy atom. The van der Waals surface area contributed by atoms with E-state index >= 15 is 0 Å². The minimum Gasteiger partial charge on any atom is -0.478 e. The van der Waals surface area contributed by atoms with Gasteiger partial charge in [0.25, 0.3) is 0 Å². The number of carbonyl (C=O) groups is 1. The first-order chi connectivity index (χ1) is 7.47. The highest BCUT2D eigenvalue weighted by Gasteiger charge is 2.16. The number of aliphatic carboxylic acids is 1. The van der Waals surface area contributed by atoms with Gasteiger partial charge < -0.3 is 5.11 Å². The van der Waals surface area contributed by atoms with Gasteiger partial charge in [-0.15, -0.1) is 0 Å². The topological polar surface area (TPSA) is 61.1 Å². The molecule has 0 atom stereocenters. The van der Waals surface area contributed by atoms with Crippen LogP contribution in [0.25, 0.3) is 5.57 Å². The van der Waals surface area contributed by atoms with Crippen molar-refractivity contribution >= 4 is 11.5 Å². The molecule has 0 amide bonds. The van der Waals surface area contributed by atoms with Crippen molar-refractivity contribution in [3.63, 3.8) is 0 Å². The zero-order valence-electron chi connectivity index (χ0n) is 7.67. The summed E-state index contributed by atoms with van der Waals surface area (Å²) < 4.78 is 38.5. The fraction of sp³-hybridized carbons (Fsp3) is 0. The van der Waals surface area contributed by atoms with Gasteiger partial charge in [0.2, 0.25) is 0 Å². The molecule has 0 fully saturated rings. The average molecular weight is 227 g/mol. The molecule has 0 bridgehead atoms. The van der Waals surface area contributed by atoms with Gasteiger partial charge in [-0.25, -0.2) is 18.0 Å². The van der Waals surface area contributed by atoms with Gasteiger partial charge in [0, 0.05) is 11.6 Å². The standard InChI is InChI=1S/C10H4F3NO2/c11-7-2-1-6(9(12)10(7)13)5(4-14)3-8(15)16/h1-3H,(H,15,16). The fourth-order valence-corrected chi connectivity index (χ4v) is 1.03. The molecule has 0 aliphatic rings. The van der Waals surface area contributed by atoms with Crippen LogP contribution in [0.1, 0.15) is 5.56 Å². The minimum absolute atomic E-state index is 0.412. The van der Waals surface area contributed by atoms with Gasteiger partial charge in [-0.2, -0.15) is 5.26 Å². The number of benzene rings is 1. The minimum atomic E-state index is -1.75. The molecule has 3 nitrogen and oxygen atoms in total. The van der Waals surface area contributed by atoms with Crippen LogP contribution >= 0.6 is 0 Å². The Morgan fingerprint density at radius 2 is 1.94 bits per heavy atom. The molecule has 1 rings (SSSR count). The first kappa shape index (κ1) is 11.8. The van der Waals surface area contributed by atoms with Crippen LogP contribution < -0.4 is 0 Å². The van der Waals surface area contributed by atoms with Gasteiger partial charge in [-0.3, -0.25) is 0 Å². The third kappa shape index (κ3) is 2.20. The van der Waals surface area contributed by atoms with E-state index in [0.717, 1.165) is 6.07 Å². The van der Waals surface area contributed by atoms with Gasteiger partial charge in [0.05, 0.1) is 5.57 Å². The summed E-state index contributed by atoms with van der Waals surface area (Å²) in [7, 11) is 0. The number of nitriles is 1. The quantitative estimate of drug-likeness (QED) is 0.478. The molecule has 82 valence electrons. The van der Waals surface area contributed by atoms with E-state index in [1.807, 2.05) is 0 Å². The lowest BCUT2D eigenvalue weighted by atomic mass is 10.1. The number of hydrogen-bond acceptors (Lipinski definition) is 2. The summed E-state index contributed by atoms with van der Waals surface area (Å²) in [4.78, 5) is 10.3.